The maximum absolute atomic E-state index is 13.7. The van der Waals surface area contributed by atoms with Crippen LogP contribution in [0.4, 0.5) is 11.4 Å². The molecule has 2 N–H and O–H groups in total. The van der Waals surface area contributed by atoms with E-state index in [0.717, 1.165) is 46.5 Å². The number of nitrogens with one attached hydrogen (secondary N) is 2. The maximum Gasteiger partial charge on any atom is 0.228 e. The molecule has 4 nitrogen and oxygen atoms in total. The van der Waals surface area contributed by atoms with Crippen LogP contribution in [-0.2, 0) is 20.4 Å². The number of hydrogen-bond acceptors (Lipinski definition) is 2. The fraction of sp³-hybridized carbons (Fsp3) is 0.174. The molecule has 0 bridgehead atoms. The highest BCUT2D eigenvalue weighted by atomic mass is 16.2. The summed E-state index contributed by atoms with van der Waals surface area (Å²) in [4.78, 5) is 27.4. The van der Waals surface area contributed by atoms with Crippen LogP contribution < -0.4 is 10.6 Å². The van der Waals surface area contributed by atoms with Gasteiger partial charge in [0.05, 0.1) is 11.8 Å². The van der Waals surface area contributed by atoms with Gasteiger partial charge in [-0.25, -0.2) is 0 Å². The Bertz CT molecular complexity index is 1940. The van der Waals surface area contributed by atoms with Gasteiger partial charge in [0.1, 0.15) is 0 Å². The van der Waals surface area contributed by atoms with Crippen molar-refractivity contribution in [3.63, 3.8) is 0 Å². The molecule has 0 aromatic heterocycles. The lowest BCUT2D eigenvalue weighted by molar-refractivity contribution is -0.118. The number of amides is 2. The summed E-state index contributed by atoms with van der Waals surface area (Å²) in [5, 5.41) is 6.49. The van der Waals surface area contributed by atoms with Crippen molar-refractivity contribution in [2.45, 2.75) is 37.5 Å². The highest BCUT2D eigenvalue weighted by molar-refractivity contribution is 5.99. The SMILES string of the molecule is Cc1cc(-c2ccc(NC(=O)C3CC3(c3ccccc3)c3ccccc3)c(C)c2)ccc1NC(=O)C1CC1(c1ccccc1)c1ccccc1. The first-order valence-electron chi connectivity index (χ1n) is 17.5. The van der Waals surface area contributed by atoms with Gasteiger partial charge in [0.2, 0.25) is 11.8 Å². The first kappa shape index (κ1) is 31.5. The van der Waals surface area contributed by atoms with Gasteiger partial charge in [-0.15, -0.1) is 0 Å². The van der Waals surface area contributed by atoms with E-state index in [9.17, 15) is 9.59 Å². The molecule has 6 aromatic rings. The van der Waals surface area contributed by atoms with Gasteiger partial charge in [-0.2, -0.15) is 0 Å². The summed E-state index contributed by atoms with van der Waals surface area (Å²) in [6.45, 7) is 4.08. The average Bonchev–Trinajstić information content (AvgIpc) is 4.09. The Hall–Kier alpha value is -5.74. The van der Waals surface area contributed by atoms with Crippen LogP contribution in [-0.4, -0.2) is 11.8 Å². The van der Waals surface area contributed by atoms with Crippen molar-refractivity contribution in [2.24, 2.45) is 11.8 Å². The third kappa shape index (κ3) is 5.51. The standard InChI is InChI=1S/C46H40N2O2/c1-31-27-33(23-25-41(31)47-43(49)39-29-45(39,35-15-7-3-8-16-35)36-17-9-4-10-18-36)34-24-26-42(32(2)28-34)48-44(50)40-30-46(40,37-19-11-5-12-20-37)38-21-13-6-14-22-38/h3-28,39-40H,29-30H2,1-2H3,(H,47,49)(H,48,50). The van der Waals surface area contributed by atoms with Gasteiger partial charge < -0.3 is 10.6 Å². The van der Waals surface area contributed by atoms with Crippen molar-refractivity contribution < 1.29 is 9.59 Å². The molecule has 2 aliphatic carbocycles. The number of carbonyl (C=O) groups is 2. The molecule has 0 heterocycles. The van der Waals surface area contributed by atoms with E-state index < -0.39 is 0 Å². The zero-order valence-electron chi connectivity index (χ0n) is 28.4. The Labute approximate surface area is 294 Å². The first-order valence-corrected chi connectivity index (χ1v) is 17.5. The lowest BCUT2D eigenvalue weighted by atomic mass is 9.85. The van der Waals surface area contributed by atoms with Crippen molar-refractivity contribution in [2.75, 3.05) is 10.6 Å². The Balaban J connectivity index is 0.968. The van der Waals surface area contributed by atoms with Gasteiger partial charge in [0, 0.05) is 22.2 Å². The third-order valence-electron chi connectivity index (χ3n) is 11.0. The number of anilines is 2. The second-order valence-corrected chi connectivity index (χ2v) is 14.0. The van der Waals surface area contributed by atoms with Crippen molar-refractivity contribution in [3.8, 4) is 11.1 Å². The van der Waals surface area contributed by atoms with Gasteiger partial charge in [-0.3, -0.25) is 9.59 Å². The van der Waals surface area contributed by atoms with E-state index in [2.05, 4.69) is 83.4 Å². The zero-order chi connectivity index (χ0) is 34.3. The van der Waals surface area contributed by atoms with Gasteiger partial charge in [0.15, 0.2) is 0 Å². The van der Waals surface area contributed by atoms with E-state index in [4.69, 9.17) is 0 Å². The fourth-order valence-electron chi connectivity index (χ4n) is 8.12. The first-order chi connectivity index (χ1) is 24.4. The maximum atomic E-state index is 13.7. The van der Waals surface area contributed by atoms with Gasteiger partial charge in [-0.05, 0) is 95.5 Å². The quantitative estimate of drug-likeness (QED) is 0.163. The Kier molecular flexibility index (Phi) is 7.95. The molecule has 8 rings (SSSR count). The Morgan fingerprint density at radius 3 is 1.04 bits per heavy atom. The highest BCUT2D eigenvalue weighted by Crippen LogP contribution is 2.60. The zero-order valence-corrected chi connectivity index (χ0v) is 28.4. The molecule has 246 valence electrons. The second-order valence-electron chi connectivity index (χ2n) is 14.0. The molecule has 4 heteroatoms. The smallest absolute Gasteiger partial charge is 0.228 e. The van der Waals surface area contributed by atoms with Crippen LogP contribution in [0, 0.1) is 25.7 Å². The molecular formula is C46H40N2O2. The van der Waals surface area contributed by atoms with E-state index in [0.29, 0.717) is 0 Å². The van der Waals surface area contributed by atoms with Gasteiger partial charge in [0.25, 0.3) is 0 Å². The second kappa shape index (κ2) is 12.6. The average molecular weight is 653 g/mol. The van der Waals surface area contributed by atoms with Gasteiger partial charge >= 0.3 is 0 Å². The lowest BCUT2D eigenvalue weighted by Gasteiger charge is -2.19. The molecule has 0 aliphatic heterocycles. The molecule has 0 spiro atoms. The predicted molar refractivity (Wildman–Crippen MR) is 202 cm³/mol. The number of aryl methyl sites for hydroxylation is 2. The minimum atomic E-state index is -0.306. The van der Waals surface area contributed by atoms with Crippen LogP contribution in [0.2, 0.25) is 0 Å². The summed E-state index contributed by atoms with van der Waals surface area (Å²) in [7, 11) is 0. The summed E-state index contributed by atoms with van der Waals surface area (Å²) in [6, 6.07) is 53.9. The molecule has 0 radical (unpaired) electrons. The van der Waals surface area contributed by atoms with Crippen molar-refractivity contribution >= 4 is 23.2 Å². The molecule has 2 amide bonds. The lowest BCUT2D eigenvalue weighted by Crippen LogP contribution is -2.22. The predicted octanol–water partition coefficient (Wildman–Crippen LogP) is 9.86. The van der Waals surface area contributed by atoms with Crippen LogP contribution in [0.1, 0.15) is 46.2 Å². The number of benzene rings is 6. The minimum Gasteiger partial charge on any atom is -0.326 e. The van der Waals surface area contributed by atoms with E-state index in [-0.39, 0.29) is 34.5 Å². The third-order valence-corrected chi connectivity index (χ3v) is 11.0. The highest BCUT2D eigenvalue weighted by Gasteiger charge is 2.61. The van der Waals surface area contributed by atoms with E-state index in [1.165, 1.54) is 22.3 Å². The van der Waals surface area contributed by atoms with E-state index in [1.54, 1.807) is 0 Å². The van der Waals surface area contributed by atoms with Crippen LogP contribution in [0.3, 0.4) is 0 Å². The molecular weight excluding hydrogens is 613 g/mol. The van der Waals surface area contributed by atoms with E-state index in [1.807, 2.05) is 98.8 Å². The molecule has 50 heavy (non-hydrogen) atoms. The molecule has 2 aliphatic rings. The minimum absolute atomic E-state index is 0.0451. The van der Waals surface area contributed by atoms with Crippen LogP contribution in [0.5, 0.6) is 0 Å². The van der Waals surface area contributed by atoms with Gasteiger partial charge in [-0.1, -0.05) is 133 Å². The molecule has 2 unspecified atom stereocenters. The van der Waals surface area contributed by atoms with Crippen molar-refractivity contribution in [1.82, 2.24) is 0 Å². The largest absolute Gasteiger partial charge is 0.326 e. The molecule has 2 fully saturated rings. The van der Waals surface area contributed by atoms with E-state index >= 15 is 0 Å². The Morgan fingerprint density at radius 1 is 0.460 bits per heavy atom. The molecule has 2 saturated carbocycles. The van der Waals surface area contributed by atoms with Crippen molar-refractivity contribution in [1.29, 1.82) is 0 Å². The summed E-state index contributed by atoms with van der Waals surface area (Å²) in [5.74, 6) is -0.191. The summed E-state index contributed by atoms with van der Waals surface area (Å²) in [6.07, 6.45) is 1.57. The molecule has 6 aromatic carbocycles. The number of hydrogen-bond donors (Lipinski definition) is 2. The van der Waals surface area contributed by atoms with Crippen LogP contribution >= 0.6 is 0 Å². The van der Waals surface area contributed by atoms with Crippen LogP contribution in [0.25, 0.3) is 11.1 Å². The normalized spacial score (nSPS) is 18.1. The topological polar surface area (TPSA) is 58.2 Å². The summed E-state index contributed by atoms with van der Waals surface area (Å²) in [5.41, 5.74) is 9.88. The van der Waals surface area contributed by atoms with Crippen LogP contribution in [0.15, 0.2) is 158 Å². The summed E-state index contributed by atoms with van der Waals surface area (Å²) >= 11 is 0. The Morgan fingerprint density at radius 2 is 0.760 bits per heavy atom. The summed E-state index contributed by atoms with van der Waals surface area (Å²) < 4.78 is 0. The fourth-order valence-corrected chi connectivity index (χ4v) is 8.12. The monoisotopic (exact) mass is 652 g/mol. The van der Waals surface area contributed by atoms with Crippen molar-refractivity contribution in [3.05, 3.63) is 191 Å². The molecule has 2 atom stereocenters. The molecule has 0 saturated heterocycles. The number of carbonyl (C=O) groups excluding carboxylic acids is 2. The number of rotatable bonds is 9.